The molecule has 0 aromatic heterocycles. The lowest BCUT2D eigenvalue weighted by Crippen LogP contribution is -2.38. The Morgan fingerprint density at radius 1 is 1.21 bits per heavy atom. The van der Waals surface area contributed by atoms with E-state index >= 15 is 0 Å². The molecule has 2 N–H and O–H groups in total. The molecule has 3 amide bonds. The number of hydrogen-bond acceptors (Lipinski definition) is 3. The van der Waals surface area contributed by atoms with Crippen LogP contribution in [-0.4, -0.2) is 35.7 Å². The highest BCUT2D eigenvalue weighted by atomic mass is 79.9. The molecule has 0 unspecified atom stereocenters. The standard InChI is InChI=1S/C22H24BrN3O3/c1-14-10-18(23)8-9-19(14)25-20(27)12-24-22(29)17-11-21(28)26(13-17)15(2)16-6-4-3-5-7-16/h3-10,15,17H,11-13H2,1-2H3,(H,24,29)(H,25,27)/t15-,17-/m0/s1. The van der Waals surface area contributed by atoms with Crippen molar-refractivity contribution in [3.8, 4) is 0 Å². The number of carbonyl (C=O) groups is 3. The molecule has 0 saturated carbocycles. The van der Waals surface area contributed by atoms with Gasteiger partial charge in [0.1, 0.15) is 0 Å². The van der Waals surface area contributed by atoms with Crippen molar-refractivity contribution in [2.75, 3.05) is 18.4 Å². The van der Waals surface area contributed by atoms with E-state index in [9.17, 15) is 14.4 Å². The van der Waals surface area contributed by atoms with Gasteiger partial charge in [0, 0.05) is 23.1 Å². The van der Waals surface area contributed by atoms with Crippen LogP contribution in [0, 0.1) is 12.8 Å². The summed E-state index contributed by atoms with van der Waals surface area (Å²) in [7, 11) is 0. The van der Waals surface area contributed by atoms with E-state index in [1.807, 2.05) is 56.3 Å². The Kier molecular flexibility index (Phi) is 6.69. The van der Waals surface area contributed by atoms with Gasteiger partial charge in [-0.2, -0.15) is 0 Å². The number of nitrogens with one attached hydrogen (secondary N) is 2. The minimum Gasteiger partial charge on any atom is -0.347 e. The third-order valence-corrected chi connectivity index (χ3v) is 5.66. The van der Waals surface area contributed by atoms with E-state index in [-0.39, 0.29) is 36.7 Å². The maximum atomic E-state index is 12.5. The summed E-state index contributed by atoms with van der Waals surface area (Å²) in [5.74, 6) is -1.07. The zero-order chi connectivity index (χ0) is 21.0. The summed E-state index contributed by atoms with van der Waals surface area (Å²) in [6, 6.07) is 15.2. The molecular weight excluding hydrogens is 434 g/mol. The number of benzene rings is 2. The van der Waals surface area contributed by atoms with Gasteiger partial charge in [0.25, 0.3) is 0 Å². The highest BCUT2D eigenvalue weighted by Crippen LogP contribution is 2.28. The molecule has 1 saturated heterocycles. The molecule has 29 heavy (non-hydrogen) atoms. The number of halogens is 1. The average molecular weight is 458 g/mol. The summed E-state index contributed by atoms with van der Waals surface area (Å²) < 4.78 is 0.932. The number of likely N-dealkylation sites (tertiary alicyclic amines) is 1. The second-order valence-corrected chi connectivity index (χ2v) is 8.17. The van der Waals surface area contributed by atoms with Gasteiger partial charge in [-0.1, -0.05) is 46.3 Å². The van der Waals surface area contributed by atoms with Crippen molar-refractivity contribution in [2.45, 2.75) is 26.3 Å². The quantitative estimate of drug-likeness (QED) is 0.697. The fourth-order valence-corrected chi connectivity index (χ4v) is 3.94. The molecule has 1 heterocycles. The SMILES string of the molecule is Cc1cc(Br)ccc1NC(=O)CNC(=O)[C@H]1CC(=O)N([C@@H](C)c2ccccc2)C1. The van der Waals surface area contributed by atoms with Crippen LogP contribution in [-0.2, 0) is 14.4 Å². The topological polar surface area (TPSA) is 78.5 Å². The first kappa shape index (κ1) is 21.0. The fraction of sp³-hybridized carbons (Fsp3) is 0.318. The molecule has 0 spiro atoms. The van der Waals surface area contributed by atoms with Crippen molar-refractivity contribution < 1.29 is 14.4 Å². The summed E-state index contributed by atoms with van der Waals surface area (Å²) in [5.41, 5.74) is 2.66. The van der Waals surface area contributed by atoms with E-state index in [1.165, 1.54) is 0 Å². The van der Waals surface area contributed by atoms with Crippen LogP contribution in [0.3, 0.4) is 0 Å². The van der Waals surface area contributed by atoms with Gasteiger partial charge >= 0.3 is 0 Å². The Bertz CT molecular complexity index is 917. The van der Waals surface area contributed by atoms with Crippen molar-refractivity contribution in [3.63, 3.8) is 0 Å². The van der Waals surface area contributed by atoms with Crippen LogP contribution in [0.1, 0.15) is 30.5 Å². The molecule has 2 aromatic rings. The minimum absolute atomic E-state index is 0.0450. The second-order valence-electron chi connectivity index (χ2n) is 7.26. The molecule has 3 rings (SSSR count). The monoisotopic (exact) mass is 457 g/mol. The molecule has 1 aliphatic rings. The van der Waals surface area contributed by atoms with E-state index in [4.69, 9.17) is 0 Å². The van der Waals surface area contributed by atoms with Gasteiger partial charge in [-0.25, -0.2) is 0 Å². The Morgan fingerprint density at radius 2 is 1.93 bits per heavy atom. The second kappa shape index (κ2) is 9.22. The predicted molar refractivity (Wildman–Crippen MR) is 115 cm³/mol. The zero-order valence-corrected chi connectivity index (χ0v) is 18.0. The molecule has 0 aliphatic carbocycles. The van der Waals surface area contributed by atoms with E-state index in [0.29, 0.717) is 12.2 Å². The molecule has 1 aliphatic heterocycles. The largest absolute Gasteiger partial charge is 0.347 e. The van der Waals surface area contributed by atoms with E-state index in [1.54, 1.807) is 11.0 Å². The highest BCUT2D eigenvalue weighted by molar-refractivity contribution is 9.10. The molecule has 7 heteroatoms. The number of rotatable bonds is 6. The predicted octanol–water partition coefficient (Wildman–Crippen LogP) is 3.42. The van der Waals surface area contributed by atoms with E-state index in [2.05, 4.69) is 26.6 Å². The van der Waals surface area contributed by atoms with Crippen LogP contribution >= 0.6 is 15.9 Å². The van der Waals surface area contributed by atoms with Crippen LogP contribution in [0.4, 0.5) is 5.69 Å². The van der Waals surface area contributed by atoms with Crippen molar-refractivity contribution in [3.05, 3.63) is 64.1 Å². The van der Waals surface area contributed by atoms with Gasteiger partial charge in [0.15, 0.2) is 0 Å². The molecule has 0 radical (unpaired) electrons. The van der Waals surface area contributed by atoms with Gasteiger partial charge < -0.3 is 15.5 Å². The van der Waals surface area contributed by atoms with Crippen LogP contribution in [0.2, 0.25) is 0 Å². The molecule has 0 bridgehead atoms. The number of hydrogen-bond donors (Lipinski definition) is 2. The van der Waals surface area contributed by atoms with Crippen molar-refractivity contribution in [1.29, 1.82) is 0 Å². The first-order valence-corrected chi connectivity index (χ1v) is 10.3. The lowest BCUT2D eigenvalue weighted by molar-refractivity contribution is -0.130. The van der Waals surface area contributed by atoms with Gasteiger partial charge in [0.2, 0.25) is 17.7 Å². The van der Waals surface area contributed by atoms with E-state index < -0.39 is 5.92 Å². The summed E-state index contributed by atoms with van der Waals surface area (Å²) in [6.45, 7) is 4.08. The van der Waals surface area contributed by atoms with Gasteiger partial charge in [-0.05, 0) is 43.2 Å². The first-order chi connectivity index (χ1) is 13.8. The maximum Gasteiger partial charge on any atom is 0.243 e. The van der Waals surface area contributed by atoms with Crippen LogP contribution < -0.4 is 10.6 Å². The Labute approximate surface area is 178 Å². The summed E-state index contributed by atoms with van der Waals surface area (Å²) in [5, 5.41) is 5.44. The molecular formula is C22H24BrN3O3. The lowest BCUT2D eigenvalue weighted by Gasteiger charge is -2.25. The van der Waals surface area contributed by atoms with Crippen molar-refractivity contribution in [1.82, 2.24) is 10.2 Å². The van der Waals surface area contributed by atoms with Crippen molar-refractivity contribution >= 4 is 39.3 Å². The number of amides is 3. The Hall–Kier alpha value is -2.67. The van der Waals surface area contributed by atoms with Gasteiger partial charge in [0.05, 0.1) is 18.5 Å². The number of carbonyl (C=O) groups excluding carboxylic acids is 3. The highest BCUT2D eigenvalue weighted by Gasteiger charge is 2.37. The zero-order valence-electron chi connectivity index (χ0n) is 16.4. The molecule has 6 nitrogen and oxygen atoms in total. The fourth-order valence-electron chi connectivity index (χ4n) is 3.47. The smallest absolute Gasteiger partial charge is 0.243 e. The summed E-state index contributed by atoms with van der Waals surface area (Å²) >= 11 is 3.38. The van der Waals surface area contributed by atoms with Crippen LogP contribution in [0.5, 0.6) is 0 Å². The molecule has 152 valence electrons. The number of anilines is 1. The molecule has 1 fully saturated rings. The minimum atomic E-state index is -0.448. The maximum absolute atomic E-state index is 12.5. The number of nitrogens with zero attached hydrogens (tertiary/aromatic N) is 1. The summed E-state index contributed by atoms with van der Waals surface area (Å²) in [4.78, 5) is 38.8. The molecule has 2 atom stereocenters. The Morgan fingerprint density at radius 3 is 2.62 bits per heavy atom. The summed E-state index contributed by atoms with van der Waals surface area (Å²) in [6.07, 6.45) is 0.163. The normalized spacial score (nSPS) is 17.1. The Balaban J connectivity index is 1.52. The molecule has 2 aromatic carbocycles. The number of aryl methyl sites for hydroxylation is 1. The van der Waals surface area contributed by atoms with Gasteiger partial charge in [-0.15, -0.1) is 0 Å². The lowest BCUT2D eigenvalue weighted by atomic mass is 10.1. The third kappa shape index (κ3) is 5.23. The van der Waals surface area contributed by atoms with Crippen LogP contribution in [0.25, 0.3) is 0 Å². The third-order valence-electron chi connectivity index (χ3n) is 5.16. The van der Waals surface area contributed by atoms with Crippen molar-refractivity contribution in [2.24, 2.45) is 5.92 Å². The average Bonchev–Trinajstić information content (AvgIpc) is 3.10. The van der Waals surface area contributed by atoms with Crippen LogP contribution in [0.15, 0.2) is 53.0 Å². The van der Waals surface area contributed by atoms with Gasteiger partial charge in [-0.3, -0.25) is 14.4 Å². The van der Waals surface area contributed by atoms with E-state index in [0.717, 1.165) is 15.6 Å². The first-order valence-electron chi connectivity index (χ1n) is 9.53.